The predicted molar refractivity (Wildman–Crippen MR) is 125 cm³/mol. The molecule has 0 bridgehead atoms. The average Bonchev–Trinajstić information content (AvgIpc) is 2.77. The minimum absolute atomic E-state index is 0.0488. The summed E-state index contributed by atoms with van der Waals surface area (Å²) in [5, 5.41) is 0. The van der Waals surface area contributed by atoms with Crippen molar-refractivity contribution in [3.05, 3.63) is 59.7 Å². The van der Waals surface area contributed by atoms with Crippen LogP contribution < -0.4 is 10.5 Å². The first-order chi connectivity index (χ1) is 15.1. The Morgan fingerprint density at radius 2 is 1.75 bits per heavy atom. The number of carbonyl (C=O) groups is 2. The van der Waals surface area contributed by atoms with Crippen molar-refractivity contribution in [1.82, 2.24) is 9.80 Å². The molecule has 2 aromatic carbocycles. The summed E-state index contributed by atoms with van der Waals surface area (Å²) in [6.07, 6.45) is 1.07. The van der Waals surface area contributed by atoms with Gasteiger partial charge in [0.25, 0.3) is 5.91 Å². The second kappa shape index (κ2) is 9.94. The fourth-order valence-corrected chi connectivity index (χ4v) is 3.67. The second-order valence-electron chi connectivity index (χ2n) is 9.14. The highest BCUT2D eigenvalue weighted by atomic mass is 16.6. The van der Waals surface area contributed by atoms with Gasteiger partial charge in [0.05, 0.1) is 5.69 Å². The molecule has 0 spiro atoms. The minimum atomic E-state index is -0.529. The van der Waals surface area contributed by atoms with Crippen molar-refractivity contribution < 1.29 is 19.1 Å². The number of benzene rings is 2. The zero-order valence-corrected chi connectivity index (χ0v) is 19.3. The summed E-state index contributed by atoms with van der Waals surface area (Å²) in [5.74, 6) is 0.493. The smallest absolute Gasteiger partial charge is 0.410 e. The molecule has 7 nitrogen and oxygen atoms in total. The van der Waals surface area contributed by atoms with E-state index in [0.717, 1.165) is 5.56 Å². The minimum Gasteiger partial charge on any atom is -0.487 e. The number of nitrogen functional groups attached to an aromatic ring is 1. The van der Waals surface area contributed by atoms with Gasteiger partial charge in [0, 0.05) is 31.7 Å². The third kappa shape index (κ3) is 6.15. The van der Waals surface area contributed by atoms with Gasteiger partial charge in [0.1, 0.15) is 18.0 Å². The maximum Gasteiger partial charge on any atom is 0.410 e. The van der Waals surface area contributed by atoms with Crippen LogP contribution in [0.1, 0.15) is 49.5 Å². The van der Waals surface area contributed by atoms with E-state index in [1.165, 1.54) is 0 Å². The van der Waals surface area contributed by atoms with Crippen LogP contribution >= 0.6 is 0 Å². The largest absolute Gasteiger partial charge is 0.487 e. The third-order valence-electron chi connectivity index (χ3n) is 5.47. The van der Waals surface area contributed by atoms with Crippen LogP contribution in [0.4, 0.5) is 10.5 Å². The van der Waals surface area contributed by atoms with Gasteiger partial charge in [-0.3, -0.25) is 4.79 Å². The molecule has 2 N–H and O–H groups in total. The SMILES string of the molecule is CN(C(=O)OC(C)(C)C)C1CCN(C(=O)c2ccc(OCc3ccccc3)c(N)c2)CC1. The number of anilines is 1. The Balaban J connectivity index is 1.54. The highest BCUT2D eigenvalue weighted by Gasteiger charge is 2.30. The van der Waals surface area contributed by atoms with Crippen LogP contribution in [-0.2, 0) is 11.3 Å². The number of amides is 2. The first kappa shape index (κ1) is 23.4. The van der Waals surface area contributed by atoms with E-state index < -0.39 is 5.60 Å². The van der Waals surface area contributed by atoms with Gasteiger partial charge in [-0.2, -0.15) is 0 Å². The summed E-state index contributed by atoms with van der Waals surface area (Å²) in [5.41, 5.74) is 7.64. The Labute approximate surface area is 190 Å². The topological polar surface area (TPSA) is 85.1 Å². The van der Waals surface area contributed by atoms with E-state index in [1.807, 2.05) is 51.1 Å². The molecular weight excluding hydrogens is 406 g/mol. The molecule has 1 fully saturated rings. The molecule has 2 aromatic rings. The van der Waals surface area contributed by atoms with Crippen molar-refractivity contribution >= 4 is 17.7 Å². The van der Waals surface area contributed by atoms with Crippen LogP contribution in [0.5, 0.6) is 5.75 Å². The zero-order valence-electron chi connectivity index (χ0n) is 19.3. The van der Waals surface area contributed by atoms with Crippen LogP contribution in [0.3, 0.4) is 0 Å². The molecule has 7 heteroatoms. The number of rotatable bonds is 5. The van der Waals surface area contributed by atoms with E-state index >= 15 is 0 Å². The lowest BCUT2D eigenvalue weighted by Crippen LogP contribution is -2.48. The number of likely N-dealkylation sites (tertiary alicyclic amines) is 1. The summed E-state index contributed by atoms with van der Waals surface area (Å²) >= 11 is 0. The van der Waals surface area contributed by atoms with Crippen LogP contribution in [-0.4, -0.2) is 53.6 Å². The summed E-state index contributed by atoms with van der Waals surface area (Å²) in [7, 11) is 1.76. The van der Waals surface area contributed by atoms with Crippen LogP contribution in [0, 0.1) is 0 Å². The maximum atomic E-state index is 13.0. The van der Waals surface area contributed by atoms with E-state index in [0.29, 0.717) is 49.5 Å². The van der Waals surface area contributed by atoms with Gasteiger partial charge in [-0.05, 0) is 57.4 Å². The lowest BCUT2D eigenvalue weighted by atomic mass is 10.0. The van der Waals surface area contributed by atoms with E-state index in [4.69, 9.17) is 15.2 Å². The lowest BCUT2D eigenvalue weighted by Gasteiger charge is -2.37. The third-order valence-corrected chi connectivity index (χ3v) is 5.47. The molecule has 0 radical (unpaired) electrons. The summed E-state index contributed by atoms with van der Waals surface area (Å²) in [6, 6.07) is 15.0. The number of hydrogen-bond donors (Lipinski definition) is 1. The highest BCUT2D eigenvalue weighted by molar-refractivity contribution is 5.95. The van der Waals surface area contributed by atoms with Gasteiger partial charge < -0.3 is 25.0 Å². The second-order valence-corrected chi connectivity index (χ2v) is 9.14. The van der Waals surface area contributed by atoms with Crippen molar-refractivity contribution in [2.75, 3.05) is 25.9 Å². The standard InChI is InChI=1S/C25H33N3O4/c1-25(2,3)32-24(30)27(4)20-12-14-28(15-13-20)23(29)19-10-11-22(21(26)16-19)31-17-18-8-6-5-7-9-18/h5-11,16,20H,12-15,17,26H2,1-4H3. The lowest BCUT2D eigenvalue weighted by molar-refractivity contribution is 0.0156. The number of piperidine rings is 1. The molecule has 2 amide bonds. The maximum absolute atomic E-state index is 13.0. The molecule has 0 aromatic heterocycles. The Hall–Kier alpha value is -3.22. The average molecular weight is 440 g/mol. The Morgan fingerprint density at radius 3 is 2.34 bits per heavy atom. The quantitative estimate of drug-likeness (QED) is 0.702. The Morgan fingerprint density at radius 1 is 1.09 bits per heavy atom. The number of carbonyl (C=O) groups excluding carboxylic acids is 2. The van der Waals surface area contributed by atoms with Crippen molar-refractivity contribution in [1.29, 1.82) is 0 Å². The van der Waals surface area contributed by atoms with Crippen molar-refractivity contribution in [2.45, 2.75) is 51.9 Å². The molecule has 32 heavy (non-hydrogen) atoms. The molecule has 0 atom stereocenters. The summed E-state index contributed by atoms with van der Waals surface area (Å²) in [6.45, 7) is 7.11. The van der Waals surface area contributed by atoms with Crippen LogP contribution in [0.15, 0.2) is 48.5 Å². The number of nitrogens with two attached hydrogens (primary N) is 1. The van der Waals surface area contributed by atoms with Gasteiger partial charge in [-0.1, -0.05) is 30.3 Å². The first-order valence-electron chi connectivity index (χ1n) is 11.0. The fraction of sp³-hybridized carbons (Fsp3) is 0.440. The number of hydrogen-bond acceptors (Lipinski definition) is 5. The van der Waals surface area contributed by atoms with E-state index in [1.54, 1.807) is 35.0 Å². The summed E-state index contributed by atoms with van der Waals surface area (Å²) < 4.78 is 11.3. The molecule has 1 aliphatic heterocycles. The molecule has 1 heterocycles. The predicted octanol–water partition coefficient (Wildman–Crippen LogP) is 4.32. The summed E-state index contributed by atoms with van der Waals surface area (Å²) in [4.78, 5) is 28.7. The molecule has 0 unspecified atom stereocenters. The van der Waals surface area contributed by atoms with Gasteiger partial charge in [-0.15, -0.1) is 0 Å². The van der Waals surface area contributed by atoms with Gasteiger partial charge in [0.15, 0.2) is 0 Å². The van der Waals surface area contributed by atoms with Gasteiger partial charge in [-0.25, -0.2) is 4.79 Å². The van der Waals surface area contributed by atoms with E-state index in [2.05, 4.69) is 0 Å². The van der Waals surface area contributed by atoms with Crippen LogP contribution in [0.2, 0.25) is 0 Å². The molecule has 1 aliphatic rings. The van der Waals surface area contributed by atoms with Gasteiger partial charge >= 0.3 is 6.09 Å². The Bertz CT molecular complexity index is 932. The van der Waals surface area contributed by atoms with E-state index in [-0.39, 0.29) is 18.0 Å². The fourth-order valence-electron chi connectivity index (χ4n) is 3.67. The monoisotopic (exact) mass is 439 g/mol. The van der Waals surface area contributed by atoms with Crippen molar-refractivity contribution in [3.63, 3.8) is 0 Å². The van der Waals surface area contributed by atoms with Crippen molar-refractivity contribution in [3.8, 4) is 5.75 Å². The molecule has 0 saturated carbocycles. The molecule has 0 aliphatic carbocycles. The number of ether oxygens (including phenoxy) is 2. The molecular formula is C25H33N3O4. The Kier molecular flexibility index (Phi) is 7.28. The van der Waals surface area contributed by atoms with Gasteiger partial charge in [0.2, 0.25) is 0 Å². The van der Waals surface area contributed by atoms with E-state index in [9.17, 15) is 9.59 Å². The molecule has 1 saturated heterocycles. The first-order valence-corrected chi connectivity index (χ1v) is 11.0. The van der Waals surface area contributed by atoms with Crippen molar-refractivity contribution in [2.24, 2.45) is 0 Å². The highest BCUT2D eigenvalue weighted by Crippen LogP contribution is 2.26. The molecule has 172 valence electrons. The normalized spacial score (nSPS) is 14.7. The zero-order chi connectivity index (χ0) is 23.3. The number of nitrogens with zero attached hydrogens (tertiary/aromatic N) is 2. The molecule has 3 rings (SSSR count). The van der Waals surface area contributed by atoms with Crippen LogP contribution in [0.25, 0.3) is 0 Å².